The minimum atomic E-state index is -0.898. The Morgan fingerprint density at radius 1 is 1.14 bits per heavy atom. The van der Waals surface area contributed by atoms with Gasteiger partial charge < -0.3 is 9.88 Å². The van der Waals surface area contributed by atoms with Gasteiger partial charge in [-0.15, -0.1) is 0 Å². The zero-order valence-corrected chi connectivity index (χ0v) is 16.4. The van der Waals surface area contributed by atoms with Crippen molar-refractivity contribution in [3.63, 3.8) is 0 Å². The molecule has 0 amide bonds. The van der Waals surface area contributed by atoms with E-state index in [1.807, 2.05) is 6.92 Å². The number of amidine groups is 1. The van der Waals surface area contributed by atoms with Gasteiger partial charge in [-0.25, -0.2) is 9.37 Å². The molecule has 3 aromatic rings. The fourth-order valence-electron chi connectivity index (χ4n) is 3.68. The number of pyridine rings is 2. The van der Waals surface area contributed by atoms with E-state index in [1.54, 1.807) is 37.5 Å². The van der Waals surface area contributed by atoms with Crippen LogP contribution in [0.2, 0.25) is 5.02 Å². The third-order valence-electron chi connectivity index (χ3n) is 5.16. The summed E-state index contributed by atoms with van der Waals surface area (Å²) in [6.45, 7) is 1.90. The van der Waals surface area contributed by atoms with Crippen LogP contribution in [0.15, 0.2) is 64.6 Å². The first-order valence-corrected chi connectivity index (χ1v) is 9.29. The second kappa shape index (κ2) is 7.08. The third-order valence-corrected chi connectivity index (χ3v) is 5.43. The molecule has 0 spiro atoms. The second-order valence-corrected chi connectivity index (χ2v) is 7.36. The van der Waals surface area contributed by atoms with Gasteiger partial charge in [0.15, 0.2) is 0 Å². The van der Waals surface area contributed by atoms with Gasteiger partial charge in [-0.05, 0) is 36.8 Å². The highest BCUT2D eigenvalue weighted by Gasteiger charge is 2.45. The standard InChI is InChI=1S/C21H17ClF2N4O/c1-12-21(14-3-6-16(23)7-4-14,15-5-8-18(24)25-10-15)27-19(26-12)13-9-17(22)20(29)28(2)11-13/h3-12H,1-2H3,(H,26,27)/t12-,21-/m0/s1. The molecule has 4 rings (SSSR count). The Hall–Kier alpha value is -3.06. The van der Waals surface area contributed by atoms with Crippen molar-refractivity contribution in [1.29, 1.82) is 0 Å². The molecule has 1 aromatic carbocycles. The van der Waals surface area contributed by atoms with Gasteiger partial charge >= 0.3 is 0 Å². The van der Waals surface area contributed by atoms with Crippen LogP contribution in [-0.2, 0) is 12.6 Å². The van der Waals surface area contributed by atoms with Crippen molar-refractivity contribution in [3.05, 3.63) is 98.7 Å². The summed E-state index contributed by atoms with van der Waals surface area (Å²) in [5.74, 6) is -0.443. The minimum Gasteiger partial charge on any atom is -0.354 e. The Balaban J connectivity index is 1.86. The van der Waals surface area contributed by atoms with Gasteiger partial charge in [0, 0.05) is 30.6 Å². The molecule has 0 saturated carbocycles. The quantitative estimate of drug-likeness (QED) is 0.668. The summed E-state index contributed by atoms with van der Waals surface area (Å²) in [5.41, 5.74) is 0.838. The van der Waals surface area contributed by atoms with Crippen LogP contribution < -0.4 is 10.9 Å². The molecule has 0 saturated heterocycles. The Morgan fingerprint density at radius 3 is 2.45 bits per heavy atom. The topological polar surface area (TPSA) is 59.3 Å². The van der Waals surface area contributed by atoms with Crippen molar-refractivity contribution in [2.24, 2.45) is 12.0 Å². The van der Waals surface area contributed by atoms with Crippen LogP contribution in [0.4, 0.5) is 8.78 Å². The lowest BCUT2D eigenvalue weighted by Gasteiger charge is -2.34. The largest absolute Gasteiger partial charge is 0.354 e. The number of aromatic nitrogens is 2. The molecule has 0 aliphatic carbocycles. The molecular formula is C21H17ClF2N4O. The molecule has 0 unspecified atom stereocenters. The summed E-state index contributed by atoms with van der Waals surface area (Å²) in [4.78, 5) is 20.4. The summed E-state index contributed by atoms with van der Waals surface area (Å²) >= 11 is 6.06. The molecule has 0 fully saturated rings. The van der Waals surface area contributed by atoms with E-state index in [4.69, 9.17) is 16.6 Å². The van der Waals surface area contributed by atoms with E-state index in [-0.39, 0.29) is 22.4 Å². The summed E-state index contributed by atoms with van der Waals surface area (Å²) in [6, 6.07) is 10.2. The molecule has 1 aliphatic rings. The molecule has 8 heteroatoms. The number of hydrogen-bond acceptors (Lipinski definition) is 4. The van der Waals surface area contributed by atoms with E-state index in [2.05, 4.69) is 10.3 Å². The van der Waals surface area contributed by atoms with Gasteiger partial charge in [-0.3, -0.25) is 9.79 Å². The Morgan fingerprint density at radius 2 is 1.83 bits per heavy atom. The zero-order valence-electron chi connectivity index (χ0n) is 15.7. The van der Waals surface area contributed by atoms with Crippen LogP contribution in [0.3, 0.4) is 0 Å². The SMILES string of the molecule is C[C@@H]1N=C(c2cc(Cl)c(=O)n(C)c2)N[C@@]1(c1ccc(F)cc1)c1ccc(F)nc1. The molecule has 3 heterocycles. The Kier molecular flexibility index (Phi) is 4.70. The van der Waals surface area contributed by atoms with E-state index >= 15 is 0 Å². The fraction of sp³-hybridized carbons (Fsp3) is 0.190. The van der Waals surface area contributed by atoms with Crippen molar-refractivity contribution in [1.82, 2.24) is 14.9 Å². The van der Waals surface area contributed by atoms with Crippen LogP contribution in [0.1, 0.15) is 23.6 Å². The minimum absolute atomic E-state index is 0.0740. The molecule has 0 bridgehead atoms. The lowest BCUT2D eigenvalue weighted by molar-refractivity contribution is 0.430. The van der Waals surface area contributed by atoms with Gasteiger partial charge in [0.2, 0.25) is 5.95 Å². The highest BCUT2D eigenvalue weighted by atomic mass is 35.5. The van der Waals surface area contributed by atoms with E-state index in [1.165, 1.54) is 29.0 Å². The van der Waals surface area contributed by atoms with Gasteiger partial charge in [0.05, 0.1) is 6.04 Å². The van der Waals surface area contributed by atoms with E-state index in [0.29, 0.717) is 17.0 Å². The highest BCUT2D eigenvalue weighted by Crippen LogP contribution is 2.38. The molecular weight excluding hydrogens is 398 g/mol. The molecule has 1 N–H and O–H groups in total. The van der Waals surface area contributed by atoms with E-state index in [9.17, 15) is 13.6 Å². The molecule has 148 valence electrons. The molecule has 2 atom stereocenters. The first kappa shape index (κ1) is 19.3. The first-order valence-electron chi connectivity index (χ1n) is 8.92. The maximum Gasteiger partial charge on any atom is 0.269 e. The van der Waals surface area contributed by atoms with Crippen molar-refractivity contribution in [2.45, 2.75) is 18.5 Å². The highest BCUT2D eigenvalue weighted by molar-refractivity contribution is 6.30. The number of nitrogens with one attached hydrogen (secondary N) is 1. The lowest BCUT2D eigenvalue weighted by Crippen LogP contribution is -2.48. The zero-order chi connectivity index (χ0) is 20.8. The molecule has 0 radical (unpaired) electrons. The van der Waals surface area contributed by atoms with Gasteiger partial charge in [0.25, 0.3) is 5.56 Å². The summed E-state index contributed by atoms with van der Waals surface area (Å²) in [6.07, 6.45) is 3.07. The molecule has 1 aliphatic heterocycles. The number of benzene rings is 1. The van der Waals surface area contributed by atoms with Gasteiger partial charge in [-0.1, -0.05) is 29.8 Å². The van der Waals surface area contributed by atoms with Crippen LogP contribution >= 0.6 is 11.6 Å². The number of nitrogens with zero attached hydrogens (tertiary/aromatic N) is 3. The van der Waals surface area contributed by atoms with Crippen molar-refractivity contribution in [2.75, 3.05) is 0 Å². The Bertz CT molecular complexity index is 1090. The predicted molar refractivity (Wildman–Crippen MR) is 107 cm³/mol. The van der Waals surface area contributed by atoms with E-state index < -0.39 is 11.5 Å². The molecule has 29 heavy (non-hydrogen) atoms. The average molecular weight is 415 g/mol. The number of aryl methyl sites for hydroxylation is 1. The van der Waals surface area contributed by atoms with E-state index in [0.717, 1.165) is 5.56 Å². The number of hydrogen-bond donors (Lipinski definition) is 1. The summed E-state index contributed by atoms with van der Waals surface area (Å²) in [5, 5.41) is 3.48. The van der Waals surface area contributed by atoms with Gasteiger partial charge in [-0.2, -0.15) is 4.39 Å². The third kappa shape index (κ3) is 3.21. The first-order chi connectivity index (χ1) is 13.8. The Labute approximate surface area is 170 Å². The normalized spacial score (nSPS) is 21.0. The average Bonchev–Trinajstić information content (AvgIpc) is 3.05. The van der Waals surface area contributed by atoms with Crippen molar-refractivity contribution >= 4 is 17.4 Å². The summed E-state index contributed by atoms with van der Waals surface area (Å²) < 4.78 is 28.4. The van der Waals surface area contributed by atoms with Gasteiger partial charge in [0.1, 0.15) is 22.2 Å². The van der Waals surface area contributed by atoms with Crippen molar-refractivity contribution < 1.29 is 8.78 Å². The molecule has 5 nitrogen and oxygen atoms in total. The number of aliphatic imine (C=N–C) groups is 1. The van der Waals surface area contributed by atoms with Crippen LogP contribution in [0.25, 0.3) is 0 Å². The van der Waals surface area contributed by atoms with Crippen LogP contribution in [0, 0.1) is 11.8 Å². The second-order valence-electron chi connectivity index (χ2n) is 6.96. The monoisotopic (exact) mass is 414 g/mol. The smallest absolute Gasteiger partial charge is 0.269 e. The summed E-state index contributed by atoms with van der Waals surface area (Å²) in [7, 11) is 1.60. The van der Waals surface area contributed by atoms with Crippen LogP contribution in [0.5, 0.6) is 0 Å². The lowest BCUT2D eigenvalue weighted by atomic mass is 9.79. The predicted octanol–water partition coefficient (Wildman–Crippen LogP) is 3.39. The van der Waals surface area contributed by atoms with Crippen molar-refractivity contribution in [3.8, 4) is 0 Å². The maximum absolute atomic E-state index is 13.6. The number of halogens is 3. The number of rotatable bonds is 3. The molecule has 2 aromatic heterocycles. The maximum atomic E-state index is 13.6. The fourth-order valence-corrected chi connectivity index (χ4v) is 3.93. The van der Waals surface area contributed by atoms with Crippen LogP contribution in [-0.4, -0.2) is 21.4 Å².